The van der Waals surface area contributed by atoms with E-state index in [1.165, 1.54) is 5.56 Å². The molecule has 3 nitrogen and oxygen atoms in total. The Morgan fingerprint density at radius 3 is 3.21 bits per heavy atom. The summed E-state index contributed by atoms with van der Waals surface area (Å²) in [4.78, 5) is 2.43. The van der Waals surface area contributed by atoms with Crippen LogP contribution in [-0.2, 0) is 11.3 Å². The Labute approximate surface area is 115 Å². The van der Waals surface area contributed by atoms with E-state index < -0.39 is 0 Å². The third-order valence-electron chi connectivity index (χ3n) is 3.18. The largest absolute Gasteiger partial charge is 0.384 e. The van der Waals surface area contributed by atoms with Gasteiger partial charge in [-0.1, -0.05) is 24.0 Å². The highest BCUT2D eigenvalue weighted by atomic mass is 16.5. The van der Waals surface area contributed by atoms with Crippen molar-refractivity contribution in [2.45, 2.75) is 26.0 Å². The molecule has 1 saturated heterocycles. The van der Waals surface area contributed by atoms with E-state index in [0.717, 1.165) is 38.2 Å². The second kappa shape index (κ2) is 7.30. The third kappa shape index (κ3) is 4.68. The first-order valence-corrected chi connectivity index (χ1v) is 6.80. The summed E-state index contributed by atoms with van der Waals surface area (Å²) < 4.78 is 5.66. The van der Waals surface area contributed by atoms with Crippen LogP contribution in [0.2, 0.25) is 0 Å². The average molecular weight is 259 g/mol. The van der Waals surface area contributed by atoms with Crippen molar-refractivity contribution in [3.63, 3.8) is 0 Å². The van der Waals surface area contributed by atoms with Gasteiger partial charge in [0.25, 0.3) is 0 Å². The van der Waals surface area contributed by atoms with Crippen LogP contribution in [0.4, 0.5) is 0 Å². The average Bonchev–Trinajstić information content (AvgIpc) is 2.61. The van der Waals surface area contributed by atoms with Crippen LogP contribution in [0.15, 0.2) is 24.3 Å². The predicted molar refractivity (Wildman–Crippen MR) is 75.7 cm³/mol. The minimum Gasteiger partial charge on any atom is -0.384 e. The van der Waals surface area contributed by atoms with Gasteiger partial charge in [-0.05, 0) is 31.0 Å². The summed E-state index contributed by atoms with van der Waals surface area (Å²) >= 11 is 0. The normalized spacial score (nSPS) is 20.4. The zero-order valence-electron chi connectivity index (χ0n) is 11.4. The summed E-state index contributed by atoms with van der Waals surface area (Å²) in [6.45, 7) is 5.89. The molecule has 1 heterocycles. The molecule has 1 atom stereocenters. The van der Waals surface area contributed by atoms with E-state index in [2.05, 4.69) is 35.8 Å². The summed E-state index contributed by atoms with van der Waals surface area (Å²) in [6.07, 6.45) is 1.40. The first-order valence-electron chi connectivity index (χ1n) is 6.80. The number of nitrogens with zero attached hydrogens (tertiary/aromatic N) is 1. The number of benzene rings is 1. The van der Waals surface area contributed by atoms with E-state index >= 15 is 0 Å². The van der Waals surface area contributed by atoms with Gasteiger partial charge in [0.15, 0.2) is 0 Å². The molecule has 3 heteroatoms. The van der Waals surface area contributed by atoms with Crippen LogP contribution in [0.3, 0.4) is 0 Å². The van der Waals surface area contributed by atoms with E-state index in [1.54, 1.807) is 0 Å². The molecule has 1 aromatic carbocycles. The second-order valence-electron chi connectivity index (χ2n) is 4.93. The number of hydrogen-bond donors (Lipinski definition) is 1. The van der Waals surface area contributed by atoms with E-state index in [4.69, 9.17) is 9.84 Å². The summed E-state index contributed by atoms with van der Waals surface area (Å²) in [5, 5.41) is 8.72. The molecule has 19 heavy (non-hydrogen) atoms. The molecule has 0 saturated carbocycles. The third-order valence-corrected chi connectivity index (χ3v) is 3.18. The van der Waals surface area contributed by atoms with Crippen LogP contribution in [0, 0.1) is 11.8 Å². The molecule has 1 aromatic rings. The Morgan fingerprint density at radius 2 is 2.37 bits per heavy atom. The van der Waals surface area contributed by atoms with Gasteiger partial charge in [-0.2, -0.15) is 0 Å². The van der Waals surface area contributed by atoms with Crippen molar-refractivity contribution in [2.24, 2.45) is 0 Å². The summed E-state index contributed by atoms with van der Waals surface area (Å²) in [5.74, 6) is 5.63. The molecule has 0 aromatic heterocycles. The maximum atomic E-state index is 8.72. The molecule has 1 aliphatic heterocycles. The topological polar surface area (TPSA) is 32.7 Å². The van der Waals surface area contributed by atoms with Crippen LogP contribution in [-0.4, -0.2) is 42.4 Å². The Hall–Kier alpha value is -1.34. The van der Waals surface area contributed by atoms with Gasteiger partial charge in [-0.25, -0.2) is 0 Å². The van der Waals surface area contributed by atoms with Crippen LogP contribution >= 0.6 is 0 Å². The second-order valence-corrected chi connectivity index (χ2v) is 4.93. The van der Waals surface area contributed by atoms with Gasteiger partial charge in [-0.3, -0.25) is 4.90 Å². The maximum absolute atomic E-state index is 8.72. The number of aliphatic hydroxyl groups excluding tert-OH is 1. The molecule has 1 fully saturated rings. The first kappa shape index (κ1) is 14.1. The van der Waals surface area contributed by atoms with Crippen molar-refractivity contribution in [3.8, 4) is 11.8 Å². The lowest BCUT2D eigenvalue weighted by molar-refractivity contribution is 0.0668. The van der Waals surface area contributed by atoms with E-state index in [9.17, 15) is 0 Å². The SMILES string of the molecule is CC1CN(Cc2cccc(C#CCO)c2)CCCO1. The summed E-state index contributed by atoms with van der Waals surface area (Å²) in [6, 6.07) is 8.22. The highest BCUT2D eigenvalue weighted by Gasteiger charge is 2.14. The van der Waals surface area contributed by atoms with E-state index in [-0.39, 0.29) is 6.61 Å². The quantitative estimate of drug-likeness (QED) is 0.820. The molecule has 0 bridgehead atoms. The Balaban J connectivity index is 2.01. The van der Waals surface area contributed by atoms with E-state index in [1.807, 2.05) is 12.1 Å². The fourth-order valence-electron chi connectivity index (χ4n) is 2.37. The monoisotopic (exact) mass is 259 g/mol. The molecule has 0 amide bonds. The van der Waals surface area contributed by atoms with Crippen LogP contribution in [0.5, 0.6) is 0 Å². The number of aliphatic hydroxyl groups is 1. The highest BCUT2D eigenvalue weighted by Crippen LogP contribution is 2.12. The summed E-state index contributed by atoms with van der Waals surface area (Å²) in [7, 11) is 0. The maximum Gasteiger partial charge on any atom is 0.104 e. The Bertz CT molecular complexity index is 461. The molecular formula is C16H21NO2. The molecule has 1 aliphatic rings. The lowest BCUT2D eigenvalue weighted by Crippen LogP contribution is -2.29. The standard InChI is InChI=1S/C16H21NO2/c1-14-12-17(8-4-10-19-14)13-16-6-2-5-15(11-16)7-3-9-18/h2,5-6,11,14,18H,4,8-10,12-13H2,1H3. The molecule has 0 spiro atoms. The zero-order chi connectivity index (χ0) is 13.5. The fraction of sp³-hybridized carbons (Fsp3) is 0.500. The Kier molecular flexibility index (Phi) is 5.41. The van der Waals surface area contributed by atoms with Crippen LogP contribution in [0.25, 0.3) is 0 Å². The molecule has 0 aliphatic carbocycles. The minimum atomic E-state index is -0.0921. The number of ether oxygens (including phenoxy) is 1. The van der Waals surface area contributed by atoms with Gasteiger partial charge < -0.3 is 9.84 Å². The lowest BCUT2D eigenvalue weighted by atomic mass is 10.1. The molecule has 1 unspecified atom stereocenters. The van der Waals surface area contributed by atoms with Gasteiger partial charge in [0, 0.05) is 31.8 Å². The van der Waals surface area contributed by atoms with Crippen LogP contribution in [0.1, 0.15) is 24.5 Å². The van der Waals surface area contributed by atoms with Crippen molar-refractivity contribution in [3.05, 3.63) is 35.4 Å². The van der Waals surface area contributed by atoms with Crippen molar-refractivity contribution >= 4 is 0 Å². The minimum absolute atomic E-state index is 0.0921. The van der Waals surface area contributed by atoms with Crippen molar-refractivity contribution < 1.29 is 9.84 Å². The van der Waals surface area contributed by atoms with Crippen LogP contribution < -0.4 is 0 Å². The van der Waals surface area contributed by atoms with Crippen molar-refractivity contribution in [1.82, 2.24) is 4.90 Å². The van der Waals surface area contributed by atoms with Gasteiger partial charge in [0.1, 0.15) is 6.61 Å². The fourth-order valence-corrected chi connectivity index (χ4v) is 2.37. The highest BCUT2D eigenvalue weighted by molar-refractivity contribution is 5.37. The van der Waals surface area contributed by atoms with Gasteiger partial charge >= 0.3 is 0 Å². The van der Waals surface area contributed by atoms with Crippen molar-refractivity contribution in [1.29, 1.82) is 0 Å². The molecule has 102 valence electrons. The lowest BCUT2D eigenvalue weighted by Gasteiger charge is -2.21. The van der Waals surface area contributed by atoms with Gasteiger partial charge in [0.05, 0.1) is 6.10 Å². The predicted octanol–water partition coefficient (Wildman–Crippen LogP) is 1.64. The molecule has 0 radical (unpaired) electrons. The smallest absolute Gasteiger partial charge is 0.104 e. The number of rotatable bonds is 2. The Morgan fingerprint density at radius 1 is 1.47 bits per heavy atom. The molecule has 2 rings (SSSR count). The summed E-state index contributed by atoms with van der Waals surface area (Å²) in [5.41, 5.74) is 2.23. The van der Waals surface area contributed by atoms with Gasteiger partial charge in [-0.15, -0.1) is 0 Å². The first-order chi connectivity index (χ1) is 9.28. The zero-order valence-corrected chi connectivity index (χ0v) is 11.4. The molecule has 1 N–H and O–H groups in total. The molecular weight excluding hydrogens is 238 g/mol. The number of hydrogen-bond acceptors (Lipinski definition) is 3. The van der Waals surface area contributed by atoms with Crippen molar-refractivity contribution in [2.75, 3.05) is 26.3 Å². The van der Waals surface area contributed by atoms with Gasteiger partial charge in [0.2, 0.25) is 0 Å². The van der Waals surface area contributed by atoms with E-state index in [0.29, 0.717) is 6.10 Å².